The third kappa shape index (κ3) is 1.46. The van der Waals surface area contributed by atoms with Gasteiger partial charge in [-0.05, 0) is 6.07 Å². The molecular formula is C7H10N3O+. The molecule has 0 amide bonds. The molecule has 3 N–H and O–H groups in total. The molecule has 1 aromatic carbocycles. The van der Waals surface area contributed by atoms with Crippen molar-refractivity contribution in [2.24, 2.45) is 0 Å². The maximum Gasteiger partial charge on any atom is 0.314 e. The van der Waals surface area contributed by atoms with Gasteiger partial charge in [-0.25, -0.2) is 0 Å². The van der Waals surface area contributed by atoms with Crippen molar-refractivity contribution < 1.29 is 4.87 Å². The van der Waals surface area contributed by atoms with Gasteiger partial charge < -0.3 is 5.73 Å². The topological polar surface area (TPSA) is 58.1 Å². The Morgan fingerprint density at radius 3 is 2.64 bits per heavy atom. The minimum atomic E-state index is 0.440. The Morgan fingerprint density at radius 2 is 2.09 bits per heavy atom. The summed E-state index contributed by atoms with van der Waals surface area (Å²) < 4.78 is 0. The van der Waals surface area contributed by atoms with Gasteiger partial charge in [-0.3, -0.25) is 0 Å². The summed E-state index contributed by atoms with van der Waals surface area (Å²) in [5, 5.41) is 0. The average Bonchev–Trinajstić information content (AvgIpc) is 2.04. The van der Waals surface area contributed by atoms with Crippen LogP contribution in [0.25, 0.3) is 0 Å². The molecule has 0 aliphatic carbocycles. The fourth-order valence-corrected chi connectivity index (χ4v) is 0.793. The number of nitrogens with two attached hydrogens (primary N) is 1. The van der Waals surface area contributed by atoms with Crippen molar-refractivity contribution >= 4 is 11.4 Å². The highest BCUT2D eigenvalue weighted by Crippen LogP contribution is 2.17. The van der Waals surface area contributed by atoms with Crippen molar-refractivity contribution in [1.82, 2.24) is 5.43 Å². The van der Waals surface area contributed by atoms with Crippen molar-refractivity contribution in [3.63, 3.8) is 0 Å². The number of hydrogen-bond acceptors (Lipinski definition) is 2. The molecule has 11 heavy (non-hydrogen) atoms. The van der Waals surface area contributed by atoms with Crippen LogP contribution in [-0.4, -0.2) is 11.9 Å². The van der Waals surface area contributed by atoms with Crippen LogP contribution in [0, 0.1) is 4.91 Å². The maximum atomic E-state index is 11.0. The minimum Gasteiger partial charge on any atom is -0.393 e. The van der Waals surface area contributed by atoms with E-state index in [9.17, 15) is 4.91 Å². The summed E-state index contributed by atoms with van der Waals surface area (Å²) >= 11 is 0. The molecule has 1 rings (SSSR count). The van der Waals surface area contributed by atoms with Gasteiger partial charge in [-0.15, -0.1) is 5.43 Å². The summed E-state index contributed by atoms with van der Waals surface area (Å²) in [6, 6.07) is 6.87. The molecule has 0 aliphatic rings. The van der Waals surface area contributed by atoms with Crippen LogP contribution in [0.1, 0.15) is 0 Å². The second kappa shape index (κ2) is 3.01. The number of hydrogen-bond donors (Lipinski definition) is 2. The number of rotatable bonds is 2. The Kier molecular flexibility index (Phi) is 2.06. The molecular weight excluding hydrogens is 142 g/mol. The van der Waals surface area contributed by atoms with E-state index in [1.165, 1.54) is 0 Å². The molecule has 0 atom stereocenters. The van der Waals surface area contributed by atoms with E-state index in [1.54, 1.807) is 31.3 Å². The molecule has 1 aromatic rings. The predicted octanol–water partition coefficient (Wildman–Crippen LogP) is 0.814. The normalized spacial score (nSPS) is 9.18. The Hall–Kier alpha value is -1.58. The molecule has 0 radical (unpaired) electrons. The highest BCUT2D eigenvalue weighted by Gasteiger charge is 2.13. The van der Waals surface area contributed by atoms with Gasteiger partial charge in [0.05, 0.1) is 12.0 Å². The lowest BCUT2D eigenvalue weighted by Crippen LogP contribution is -2.17. The monoisotopic (exact) mass is 152 g/mol. The zero-order chi connectivity index (χ0) is 8.27. The lowest BCUT2D eigenvalue weighted by Gasteiger charge is -1.92. The fourth-order valence-electron chi connectivity index (χ4n) is 0.793. The zero-order valence-electron chi connectivity index (χ0n) is 6.24. The van der Waals surface area contributed by atoms with Gasteiger partial charge in [-0.2, -0.15) is 0 Å². The molecule has 0 spiro atoms. The molecule has 0 unspecified atom stereocenters. The molecule has 4 nitrogen and oxygen atoms in total. The molecule has 0 saturated heterocycles. The number of benzene rings is 1. The van der Waals surface area contributed by atoms with Crippen LogP contribution in [0.5, 0.6) is 0 Å². The van der Waals surface area contributed by atoms with Crippen LogP contribution in [0.3, 0.4) is 0 Å². The summed E-state index contributed by atoms with van der Waals surface area (Å²) in [6.07, 6.45) is 0. The van der Waals surface area contributed by atoms with Gasteiger partial charge in [0.15, 0.2) is 4.87 Å². The lowest BCUT2D eigenvalue weighted by atomic mass is 10.3. The van der Waals surface area contributed by atoms with E-state index in [-0.39, 0.29) is 0 Å². The first-order valence-electron chi connectivity index (χ1n) is 3.25. The van der Waals surface area contributed by atoms with E-state index < -0.39 is 0 Å². The van der Waals surface area contributed by atoms with Gasteiger partial charge in [0.1, 0.15) is 5.69 Å². The standard InChI is InChI=1S/C7H10N3O/c1-9-10(11)7-5-3-2-4-6(7)8/h2-5H,8H2,1H3,(H,9,11)/q+1. The van der Waals surface area contributed by atoms with Crippen molar-refractivity contribution in [2.45, 2.75) is 0 Å². The quantitative estimate of drug-likeness (QED) is 0.374. The molecule has 0 aromatic heterocycles. The fraction of sp³-hybridized carbons (Fsp3) is 0.143. The smallest absolute Gasteiger partial charge is 0.314 e. The Morgan fingerprint density at radius 1 is 1.45 bits per heavy atom. The number of para-hydroxylation sites is 2. The third-order valence-corrected chi connectivity index (χ3v) is 1.36. The molecule has 0 bridgehead atoms. The van der Waals surface area contributed by atoms with E-state index >= 15 is 0 Å². The van der Waals surface area contributed by atoms with Crippen LogP contribution >= 0.6 is 0 Å². The molecule has 0 heterocycles. The molecule has 58 valence electrons. The highest BCUT2D eigenvalue weighted by atomic mass is 16.3. The third-order valence-electron chi connectivity index (χ3n) is 1.36. The second-order valence-corrected chi connectivity index (χ2v) is 2.08. The van der Waals surface area contributed by atoms with Crippen LogP contribution < -0.4 is 11.2 Å². The molecule has 0 saturated carbocycles. The first kappa shape index (κ1) is 7.53. The summed E-state index contributed by atoms with van der Waals surface area (Å²) in [7, 11) is 1.54. The average molecular weight is 152 g/mol. The SMILES string of the molecule is CN[N+](=O)c1ccccc1N. The lowest BCUT2D eigenvalue weighted by molar-refractivity contribution is -0.522. The van der Waals surface area contributed by atoms with Crippen LogP contribution in [0.2, 0.25) is 0 Å². The van der Waals surface area contributed by atoms with Crippen molar-refractivity contribution in [2.75, 3.05) is 12.8 Å². The van der Waals surface area contributed by atoms with E-state index in [4.69, 9.17) is 5.73 Å². The summed E-state index contributed by atoms with van der Waals surface area (Å²) in [5.41, 5.74) is 8.84. The molecule has 4 heteroatoms. The zero-order valence-corrected chi connectivity index (χ0v) is 6.24. The number of nitroso groups, excluding NO2 is 1. The van der Waals surface area contributed by atoms with Crippen LogP contribution in [-0.2, 0) is 0 Å². The maximum absolute atomic E-state index is 11.0. The molecule has 0 aliphatic heterocycles. The largest absolute Gasteiger partial charge is 0.393 e. The van der Waals surface area contributed by atoms with E-state index in [0.717, 1.165) is 0 Å². The number of nitrogens with zero attached hydrogens (tertiary/aromatic N) is 1. The van der Waals surface area contributed by atoms with E-state index in [0.29, 0.717) is 16.2 Å². The summed E-state index contributed by atoms with van der Waals surface area (Å²) in [6.45, 7) is 0. The first-order valence-corrected chi connectivity index (χ1v) is 3.25. The van der Waals surface area contributed by atoms with Gasteiger partial charge in [-0.1, -0.05) is 12.1 Å². The van der Waals surface area contributed by atoms with E-state index in [2.05, 4.69) is 5.43 Å². The van der Waals surface area contributed by atoms with Crippen molar-refractivity contribution in [3.8, 4) is 0 Å². The van der Waals surface area contributed by atoms with Gasteiger partial charge in [0, 0.05) is 6.07 Å². The number of anilines is 1. The second-order valence-electron chi connectivity index (χ2n) is 2.08. The van der Waals surface area contributed by atoms with E-state index in [1.807, 2.05) is 0 Å². The minimum absolute atomic E-state index is 0.440. The Bertz CT molecular complexity index is 272. The summed E-state index contributed by atoms with van der Waals surface area (Å²) in [5.74, 6) is 0. The van der Waals surface area contributed by atoms with Crippen LogP contribution in [0.4, 0.5) is 11.4 Å². The Balaban J connectivity index is 3.03. The van der Waals surface area contributed by atoms with Gasteiger partial charge in [0.2, 0.25) is 0 Å². The highest BCUT2D eigenvalue weighted by molar-refractivity contribution is 5.56. The van der Waals surface area contributed by atoms with Crippen molar-refractivity contribution in [1.29, 1.82) is 0 Å². The first-order chi connectivity index (χ1) is 5.25. The number of hydrazine groups is 1. The van der Waals surface area contributed by atoms with Gasteiger partial charge in [0.25, 0.3) is 0 Å². The van der Waals surface area contributed by atoms with Gasteiger partial charge >= 0.3 is 5.69 Å². The van der Waals surface area contributed by atoms with Crippen LogP contribution in [0.15, 0.2) is 24.3 Å². The summed E-state index contributed by atoms with van der Waals surface area (Å²) in [4.78, 5) is 11.6. The molecule has 0 fully saturated rings. The number of nitrogen functional groups attached to an aromatic ring is 1. The number of nitrogens with one attached hydrogen (secondary N) is 1. The Labute approximate surface area is 64.6 Å². The predicted molar refractivity (Wildman–Crippen MR) is 43.2 cm³/mol. The van der Waals surface area contributed by atoms with Crippen molar-refractivity contribution in [3.05, 3.63) is 29.2 Å².